The largest absolute Gasteiger partial charge is 0.489 e. The molecule has 34 heavy (non-hydrogen) atoms. The van der Waals surface area contributed by atoms with Crippen molar-refractivity contribution in [3.8, 4) is 5.75 Å². The lowest BCUT2D eigenvalue weighted by Gasteiger charge is -2.22. The predicted molar refractivity (Wildman–Crippen MR) is 130 cm³/mol. The van der Waals surface area contributed by atoms with Crippen molar-refractivity contribution in [1.29, 1.82) is 0 Å². The number of hydrogen-bond donors (Lipinski definition) is 0. The highest BCUT2D eigenvalue weighted by molar-refractivity contribution is 8.00. The minimum Gasteiger partial charge on any atom is -0.489 e. The molecule has 0 fully saturated rings. The van der Waals surface area contributed by atoms with E-state index in [0.717, 1.165) is 39.6 Å². The van der Waals surface area contributed by atoms with Gasteiger partial charge in [0.1, 0.15) is 18.1 Å². The monoisotopic (exact) mass is 480 g/mol. The normalized spacial score (nSPS) is 15.4. The number of nitrogens with zero attached hydrogens (tertiary/aromatic N) is 2. The maximum Gasteiger partial charge on any atom is 0.310 e. The van der Waals surface area contributed by atoms with Crippen LogP contribution in [0.4, 0.5) is 5.69 Å². The minimum atomic E-state index is -0.441. The molecule has 2 aromatic carbocycles. The molecule has 1 atom stereocenters. The number of amides is 1. The summed E-state index contributed by atoms with van der Waals surface area (Å²) in [6.07, 6.45) is 0.963. The molecule has 7 nitrogen and oxygen atoms in total. The fraction of sp³-hybridized carbons (Fsp3) is 0.346. The van der Waals surface area contributed by atoms with Gasteiger partial charge in [-0.3, -0.25) is 9.59 Å². The van der Waals surface area contributed by atoms with Crippen molar-refractivity contribution in [2.45, 2.75) is 50.4 Å². The second-order valence-electron chi connectivity index (χ2n) is 8.30. The van der Waals surface area contributed by atoms with E-state index in [2.05, 4.69) is 12.1 Å². The smallest absolute Gasteiger partial charge is 0.310 e. The quantitative estimate of drug-likeness (QED) is 0.446. The van der Waals surface area contributed by atoms with Gasteiger partial charge in [-0.2, -0.15) is 0 Å². The van der Waals surface area contributed by atoms with Crippen molar-refractivity contribution < 1.29 is 23.6 Å². The lowest BCUT2D eigenvalue weighted by Crippen LogP contribution is -2.36. The number of para-hydroxylation sites is 1. The van der Waals surface area contributed by atoms with Gasteiger partial charge in [-0.25, -0.2) is 0 Å². The first-order chi connectivity index (χ1) is 16.4. The zero-order valence-electron chi connectivity index (χ0n) is 19.6. The molecule has 3 aromatic rings. The Morgan fingerprint density at radius 2 is 1.91 bits per heavy atom. The lowest BCUT2D eigenvalue weighted by molar-refractivity contribution is -0.147. The van der Waals surface area contributed by atoms with Crippen LogP contribution in [0, 0.1) is 13.8 Å². The summed E-state index contributed by atoms with van der Waals surface area (Å²) in [5.74, 6) is 0.768. The number of fused-ring (bicyclic) bond motifs is 1. The molecule has 4 rings (SSSR count). The third kappa shape index (κ3) is 5.80. The number of esters is 1. The number of thioether (sulfide) groups is 1. The molecular weight excluding hydrogens is 452 g/mol. The van der Waals surface area contributed by atoms with Crippen LogP contribution in [-0.4, -0.2) is 35.4 Å². The highest BCUT2D eigenvalue weighted by Gasteiger charge is 2.24. The summed E-state index contributed by atoms with van der Waals surface area (Å²) in [6.45, 7) is 6.58. The summed E-state index contributed by atoms with van der Waals surface area (Å²) in [6, 6.07) is 15.1. The molecule has 1 amide bonds. The molecule has 0 spiro atoms. The molecule has 2 heterocycles. The fourth-order valence-electron chi connectivity index (χ4n) is 3.75. The Kier molecular flexibility index (Phi) is 7.57. The Bertz CT molecular complexity index is 1140. The van der Waals surface area contributed by atoms with Crippen LogP contribution in [0.5, 0.6) is 5.75 Å². The Morgan fingerprint density at radius 3 is 2.65 bits per heavy atom. The van der Waals surface area contributed by atoms with Gasteiger partial charge in [0.05, 0.1) is 23.4 Å². The number of anilines is 1. The molecule has 1 aliphatic rings. The van der Waals surface area contributed by atoms with Gasteiger partial charge in [-0.05, 0) is 50.1 Å². The predicted octanol–water partition coefficient (Wildman–Crippen LogP) is 4.87. The van der Waals surface area contributed by atoms with Gasteiger partial charge in [-0.15, -0.1) is 11.8 Å². The van der Waals surface area contributed by atoms with Crippen LogP contribution in [0.2, 0.25) is 0 Å². The van der Waals surface area contributed by atoms with E-state index in [4.69, 9.17) is 14.0 Å². The SMILES string of the molecule is Cc1noc(C)c1COc1ccc(CC(=O)OCC(=O)N2CCC(C)Sc3ccccc32)cc1. The molecule has 0 radical (unpaired) electrons. The van der Waals surface area contributed by atoms with Crippen molar-refractivity contribution in [1.82, 2.24) is 5.16 Å². The summed E-state index contributed by atoms with van der Waals surface area (Å²) >= 11 is 1.77. The number of hydrogen-bond acceptors (Lipinski definition) is 7. The number of aromatic nitrogens is 1. The summed E-state index contributed by atoms with van der Waals surface area (Å²) in [4.78, 5) is 28.0. The van der Waals surface area contributed by atoms with Crippen LogP contribution < -0.4 is 9.64 Å². The molecule has 1 aliphatic heterocycles. The average molecular weight is 481 g/mol. The minimum absolute atomic E-state index is 0.0842. The van der Waals surface area contributed by atoms with E-state index in [9.17, 15) is 9.59 Å². The van der Waals surface area contributed by atoms with E-state index in [0.29, 0.717) is 24.2 Å². The van der Waals surface area contributed by atoms with Crippen molar-refractivity contribution in [2.24, 2.45) is 0 Å². The van der Waals surface area contributed by atoms with Crippen molar-refractivity contribution >= 4 is 29.3 Å². The molecule has 0 aliphatic carbocycles. The summed E-state index contributed by atoms with van der Waals surface area (Å²) in [7, 11) is 0. The molecule has 8 heteroatoms. The van der Waals surface area contributed by atoms with Gasteiger partial charge >= 0.3 is 5.97 Å². The Morgan fingerprint density at radius 1 is 1.15 bits per heavy atom. The van der Waals surface area contributed by atoms with E-state index >= 15 is 0 Å². The summed E-state index contributed by atoms with van der Waals surface area (Å²) in [5, 5.41) is 4.33. The van der Waals surface area contributed by atoms with Crippen LogP contribution in [0.15, 0.2) is 57.9 Å². The van der Waals surface area contributed by atoms with E-state index < -0.39 is 5.97 Å². The van der Waals surface area contributed by atoms with Crippen molar-refractivity contribution in [3.63, 3.8) is 0 Å². The molecule has 1 aromatic heterocycles. The zero-order chi connectivity index (χ0) is 24.1. The number of aryl methyl sites for hydroxylation is 2. The fourth-order valence-corrected chi connectivity index (χ4v) is 4.86. The zero-order valence-corrected chi connectivity index (χ0v) is 20.4. The van der Waals surface area contributed by atoms with Crippen LogP contribution in [0.3, 0.4) is 0 Å². The van der Waals surface area contributed by atoms with Gasteiger partial charge in [-0.1, -0.05) is 36.3 Å². The lowest BCUT2D eigenvalue weighted by atomic mass is 10.1. The van der Waals surface area contributed by atoms with Gasteiger partial charge in [0.25, 0.3) is 5.91 Å². The second-order valence-corrected chi connectivity index (χ2v) is 9.78. The first-order valence-electron chi connectivity index (χ1n) is 11.3. The summed E-state index contributed by atoms with van der Waals surface area (Å²) in [5.41, 5.74) is 3.40. The molecule has 0 saturated heterocycles. The van der Waals surface area contributed by atoms with Gasteiger partial charge < -0.3 is 18.9 Å². The van der Waals surface area contributed by atoms with E-state index in [1.54, 1.807) is 28.8 Å². The molecular formula is C26H28N2O5S. The van der Waals surface area contributed by atoms with Crippen LogP contribution in [0.25, 0.3) is 0 Å². The highest BCUT2D eigenvalue weighted by atomic mass is 32.2. The number of ether oxygens (including phenoxy) is 2. The van der Waals surface area contributed by atoms with Crippen molar-refractivity contribution in [2.75, 3.05) is 18.1 Å². The first kappa shape index (κ1) is 23.9. The van der Waals surface area contributed by atoms with Crippen LogP contribution in [-0.2, 0) is 27.4 Å². The van der Waals surface area contributed by atoms with Gasteiger partial charge in [0, 0.05) is 16.7 Å². The standard InChI is InChI=1S/C26H28N2O5S/c1-17-12-13-28(23-6-4-5-7-24(23)34-17)25(29)16-32-26(30)14-20-8-10-21(11-9-20)31-15-22-18(2)27-33-19(22)3/h4-11,17H,12-16H2,1-3H3. The average Bonchev–Trinajstić information content (AvgIpc) is 3.04. The van der Waals surface area contributed by atoms with Crippen LogP contribution in [0.1, 0.15) is 35.9 Å². The van der Waals surface area contributed by atoms with Gasteiger partial charge in [0.15, 0.2) is 6.61 Å². The topological polar surface area (TPSA) is 81.9 Å². The number of rotatable bonds is 7. The van der Waals surface area contributed by atoms with Crippen LogP contribution >= 0.6 is 11.8 Å². The van der Waals surface area contributed by atoms with Gasteiger partial charge in [0.2, 0.25) is 0 Å². The molecule has 1 unspecified atom stereocenters. The molecule has 0 bridgehead atoms. The summed E-state index contributed by atoms with van der Waals surface area (Å²) < 4.78 is 16.3. The Hall–Kier alpha value is -3.26. The van der Waals surface area contributed by atoms with E-state index in [-0.39, 0.29) is 18.9 Å². The molecule has 0 N–H and O–H groups in total. The third-order valence-electron chi connectivity index (χ3n) is 5.74. The van der Waals surface area contributed by atoms with E-state index in [1.165, 1.54) is 0 Å². The maximum atomic E-state index is 12.9. The molecule has 178 valence electrons. The number of carbonyl (C=O) groups excluding carboxylic acids is 2. The number of carbonyl (C=O) groups is 2. The number of benzene rings is 2. The Balaban J connectivity index is 1.28. The third-order valence-corrected chi connectivity index (χ3v) is 6.97. The Labute approximate surface area is 203 Å². The maximum absolute atomic E-state index is 12.9. The molecule has 0 saturated carbocycles. The van der Waals surface area contributed by atoms with E-state index in [1.807, 2.05) is 50.2 Å². The second kappa shape index (κ2) is 10.8. The van der Waals surface area contributed by atoms with Crippen molar-refractivity contribution in [3.05, 3.63) is 71.1 Å². The highest BCUT2D eigenvalue weighted by Crippen LogP contribution is 2.37. The first-order valence-corrected chi connectivity index (χ1v) is 12.1.